The van der Waals surface area contributed by atoms with Crippen LogP contribution in [0.5, 0.6) is 0 Å². The van der Waals surface area contributed by atoms with Crippen LogP contribution in [0, 0.1) is 5.41 Å². The zero-order valence-corrected chi connectivity index (χ0v) is 8.82. The number of likely N-dealkylation sites (tertiary alicyclic amines) is 1. The minimum Gasteiger partial charge on any atom is -0.345 e. The molecule has 0 saturated carbocycles. The second-order valence-corrected chi connectivity index (χ2v) is 4.18. The molecule has 2 aliphatic rings. The first-order chi connectivity index (χ1) is 5.72. The Kier molecular flexibility index (Phi) is 3.19. The number of carbonyl (C=O) groups excluding carboxylic acids is 1. The van der Waals surface area contributed by atoms with Crippen molar-refractivity contribution in [3.8, 4) is 0 Å². The van der Waals surface area contributed by atoms with Crippen molar-refractivity contribution < 1.29 is 4.79 Å². The summed E-state index contributed by atoms with van der Waals surface area (Å²) < 4.78 is 0. The Balaban J connectivity index is 0.000000845. The summed E-state index contributed by atoms with van der Waals surface area (Å²) in [6, 6.07) is 0. The molecule has 2 aliphatic heterocycles. The van der Waals surface area contributed by atoms with Crippen molar-refractivity contribution in [2.75, 3.05) is 26.7 Å². The first-order valence-corrected chi connectivity index (χ1v) is 4.67. The van der Waals surface area contributed by atoms with Gasteiger partial charge in [-0.25, -0.2) is 0 Å². The molecule has 2 saturated heterocycles. The van der Waals surface area contributed by atoms with Crippen LogP contribution >= 0.6 is 12.4 Å². The van der Waals surface area contributed by atoms with E-state index in [2.05, 4.69) is 5.32 Å². The molecule has 0 aromatic rings. The molecule has 76 valence electrons. The van der Waals surface area contributed by atoms with Gasteiger partial charge in [0.2, 0.25) is 5.91 Å². The highest BCUT2D eigenvalue weighted by Crippen LogP contribution is 2.38. The third kappa shape index (κ3) is 1.97. The fourth-order valence-electron chi connectivity index (χ4n) is 2.39. The monoisotopic (exact) mass is 204 g/mol. The van der Waals surface area contributed by atoms with E-state index in [4.69, 9.17) is 0 Å². The van der Waals surface area contributed by atoms with Gasteiger partial charge in [-0.3, -0.25) is 4.79 Å². The van der Waals surface area contributed by atoms with Gasteiger partial charge in [-0.2, -0.15) is 0 Å². The molecule has 0 bridgehead atoms. The van der Waals surface area contributed by atoms with E-state index in [-0.39, 0.29) is 12.4 Å². The van der Waals surface area contributed by atoms with Gasteiger partial charge in [0.1, 0.15) is 0 Å². The Morgan fingerprint density at radius 1 is 1.38 bits per heavy atom. The Bertz CT molecular complexity index is 202. The van der Waals surface area contributed by atoms with Crippen LogP contribution in [0.15, 0.2) is 0 Å². The molecule has 4 heteroatoms. The van der Waals surface area contributed by atoms with Crippen LogP contribution in [0.4, 0.5) is 0 Å². The van der Waals surface area contributed by atoms with E-state index < -0.39 is 0 Å². The number of nitrogens with one attached hydrogen (secondary N) is 1. The van der Waals surface area contributed by atoms with Gasteiger partial charge in [-0.05, 0) is 31.3 Å². The highest BCUT2D eigenvalue weighted by molar-refractivity contribution is 5.85. The number of halogens is 1. The molecule has 0 unspecified atom stereocenters. The summed E-state index contributed by atoms with van der Waals surface area (Å²) >= 11 is 0. The highest BCUT2D eigenvalue weighted by atomic mass is 35.5. The van der Waals surface area contributed by atoms with Crippen molar-refractivity contribution in [1.29, 1.82) is 0 Å². The number of hydrogen-bond acceptors (Lipinski definition) is 2. The number of hydrogen-bond donors (Lipinski definition) is 1. The smallest absolute Gasteiger partial charge is 0.222 e. The maximum atomic E-state index is 11.4. The maximum Gasteiger partial charge on any atom is 0.222 e. The van der Waals surface area contributed by atoms with Crippen LogP contribution in [0.25, 0.3) is 0 Å². The molecule has 0 aliphatic carbocycles. The molecular weight excluding hydrogens is 188 g/mol. The van der Waals surface area contributed by atoms with E-state index in [0.717, 1.165) is 26.1 Å². The molecule has 0 atom stereocenters. The summed E-state index contributed by atoms with van der Waals surface area (Å²) in [6.07, 6.45) is 3.12. The largest absolute Gasteiger partial charge is 0.345 e. The second-order valence-electron chi connectivity index (χ2n) is 4.18. The van der Waals surface area contributed by atoms with E-state index in [1.807, 2.05) is 11.9 Å². The standard InChI is InChI=1S/C9H16N2O.ClH/c1-11-7-9(6-8(11)12)2-4-10-5-3-9;/h10H,2-7H2,1H3;1H. The maximum absolute atomic E-state index is 11.4. The quantitative estimate of drug-likeness (QED) is 0.628. The highest BCUT2D eigenvalue weighted by Gasteiger charge is 2.41. The van der Waals surface area contributed by atoms with Crippen LogP contribution in [0.3, 0.4) is 0 Å². The van der Waals surface area contributed by atoms with Gasteiger partial charge in [0.15, 0.2) is 0 Å². The fourth-order valence-corrected chi connectivity index (χ4v) is 2.39. The topological polar surface area (TPSA) is 32.3 Å². The summed E-state index contributed by atoms with van der Waals surface area (Å²) in [5.74, 6) is 0.330. The van der Waals surface area contributed by atoms with Crippen LogP contribution < -0.4 is 5.32 Å². The van der Waals surface area contributed by atoms with E-state index in [1.54, 1.807) is 0 Å². The van der Waals surface area contributed by atoms with E-state index in [1.165, 1.54) is 12.8 Å². The Hall–Kier alpha value is -0.280. The summed E-state index contributed by atoms with van der Waals surface area (Å²) in [5, 5.41) is 3.34. The third-order valence-electron chi connectivity index (χ3n) is 3.19. The summed E-state index contributed by atoms with van der Waals surface area (Å²) in [5.41, 5.74) is 0.330. The molecule has 0 aromatic carbocycles. The summed E-state index contributed by atoms with van der Waals surface area (Å²) in [4.78, 5) is 13.2. The fraction of sp³-hybridized carbons (Fsp3) is 0.889. The van der Waals surface area contributed by atoms with Crippen molar-refractivity contribution in [3.63, 3.8) is 0 Å². The van der Waals surface area contributed by atoms with Crippen LogP contribution in [0.2, 0.25) is 0 Å². The Morgan fingerprint density at radius 2 is 2.00 bits per heavy atom. The predicted octanol–water partition coefficient (Wildman–Crippen LogP) is 0.640. The van der Waals surface area contributed by atoms with E-state index in [9.17, 15) is 4.79 Å². The molecule has 2 fully saturated rings. The lowest BCUT2D eigenvalue weighted by atomic mass is 9.78. The van der Waals surface area contributed by atoms with E-state index in [0.29, 0.717) is 11.3 Å². The van der Waals surface area contributed by atoms with E-state index >= 15 is 0 Å². The van der Waals surface area contributed by atoms with Gasteiger partial charge >= 0.3 is 0 Å². The van der Waals surface area contributed by atoms with Crippen molar-refractivity contribution in [3.05, 3.63) is 0 Å². The van der Waals surface area contributed by atoms with Gasteiger partial charge in [0.25, 0.3) is 0 Å². The molecule has 1 N–H and O–H groups in total. The van der Waals surface area contributed by atoms with Crippen LogP contribution in [0.1, 0.15) is 19.3 Å². The van der Waals surface area contributed by atoms with Gasteiger partial charge in [-0.1, -0.05) is 0 Å². The number of amides is 1. The molecular formula is C9H17ClN2O. The second kappa shape index (κ2) is 3.84. The lowest BCUT2D eigenvalue weighted by molar-refractivity contribution is -0.126. The van der Waals surface area contributed by atoms with Crippen LogP contribution in [-0.4, -0.2) is 37.5 Å². The molecule has 2 rings (SSSR count). The average molecular weight is 205 g/mol. The van der Waals surface area contributed by atoms with Gasteiger partial charge in [-0.15, -0.1) is 12.4 Å². The van der Waals surface area contributed by atoms with Gasteiger partial charge < -0.3 is 10.2 Å². The predicted molar refractivity (Wildman–Crippen MR) is 54.0 cm³/mol. The zero-order chi connectivity index (χ0) is 8.60. The number of carbonyl (C=O) groups is 1. The van der Waals surface area contributed by atoms with Crippen LogP contribution in [-0.2, 0) is 4.79 Å². The normalized spacial score (nSPS) is 26.2. The molecule has 0 aromatic heterocycles. The lowest BCUT2D eigenvalue weighted by Gasteiger charge is -2.32. The number of piperidine rings is 1. The molecule has 0 radical (unpaired) electrons. The molecule has 13 heavy (non-hydrogen) atoms. The molecule has 2 heterocycles. The minimum absolute atomic E-state index is 0. The van der Waals surface area contributed by atoms with Crippen molar-refractivity contribution in [2.45, 2.75) is 19.3 Å². The SMILES string of the molecule is CN1CC2(CCNCC2)CC1=O.Cl. The first-order valence-electron chi connectivity index (χ1n) is 4.67. The number of rotatable bonds is 0. The lowest BCUT2D eigenvalue weighted by Crippen LogP contribution is -2.38. The zero-order valence-electron chi connectivity index (χ0n) is 8.01. The molecule has 1 amide bonds. The first kappa shape index (κ1) is 10.8. The average Bonchev–Trinajstić information content (AvgIpc) is 2.29. The Labute approximate surface area is 85.3 Å². The summed E-state index contributed by atoms with van der Waals surface area (Å²) in [7, 11) is 1.92. The Morgan fingerprint density at radius 3 is 2.46 bits per heavy atom. The minimum atomic E-state index is 0. The molecule has 3 nitrogen and oxygen atoms in total. The van der Waals surface area contributed by atoms with Crippen molar-refractivity contribution in [2.24, 2.45) is 5.41 Å². The van der Waals surface area contributed by atoms with Gasteiger partial charge in [0, 0.05) is 20.0 Å². The van der Waals surface area contributed by atoms with Crippen molar-refractivity contribution in [1.82, 2.24) is 10.2 Å². The van der Waals surface area contributed by atoms with Crippen molar-refractivity contribution >= 4 is 18.3 Å². The third-order valence-corrected chi connectivity index (χ3v) is 3.19. The van der Waals surface area contributed by atoms with Gasteiger partial charge in [0.05, 0.1) is 0 Å². The molecule has 1 spiro atoms. The number of nitrogens with zero attached hydrogens (tertiary/aromatic N) is 1. The summed E-state index contributed by atoms with van der Waals surface area (Å²) in [6.45, 7) is 3.15.